The van der Waals surface area contributed by atoms with E-state index in [0.29, 0.717) is 12.2 Å². The third kappa shape index (κ3) is 1.82. The first-order valence-corrected chi connectivity index (χ1v) is 4.41. The van der Waals surface area contributed by atoms with E-state index in [2.05, 4.69) is 43.1 Å². The van der Waals surface area contributed by atoms with Crippen LogP contribution >= 0.6 is 0 Å². The number of allylic oxidation sites excluding steroid dienone is 1. The Bertz CT molecular complexity index is 142. The summed E-state index contributed by atoms with van der Waals surface area (Å²) in [6.07, 6.45) is 4.94. The molecular weight excluding hydrogens is 136 g/mol. The first-order chi connectivity index (χ1) is 5.29. The van der Waals surface area contributed by atoms with Crippen LogP contribution in [0.3, 0.4) is 0 Å². The molecule has 0 radical (unpaired) electrons. The molecule has 2 nitrogen and oxygen atoms in total. The summed E-state index contributed by atoms with van der Waals surface area (Å²) < 4.78 is 0. The molecule has 2 atom stereocenters. The predicted molar refractivity (Wildman–Crippen MR) is 48.4 cm³/mol. The summed E-state index contributed by atoms with van der Waals surface area (Å²) in [5.41, 5.74) is 0. The minimum atomic E-state index is 0.543. The summed E-state index contributed by atoms with van der Waals surface area (Å²) >= 11 is 0. The normalized spacial score (nSPS) is 33.7. The molecule has 1 aliphatic rings. The quantitative estimate of drug-likeness (QED) is 0.601. The standard InChI is InChI=1S/C9H18N2/c1-4-6-9-7-10-8(3)11(9)5-2/h4,6,8-10H,5,7H2,1-3H3/b6-4-. The van der Waals surface area contributed by atoms with Crippen LogP contribution in [0.5, 0.6) is 0 Å². The van der Waals surface area contributed by atoms with Crippen molar-refractivity contribution >= 4 is 0 Å². The van der Waals surface area contributed by atoms with Crippen LogP contribution in [0.2, 0.25) is 0 Å². The highest BCUT2D eigenvalue weighted by atomic mass is 15.3. The number of likely N-dealkylation sites (N-methyl/N-ethyl adjacent to an activating group) is 1. The Hall–Kier alpha value is -0.340. The predicted octanol–water partition coefficient (Wildman–Crippen LogP) is 1.20. The van der Waals surface area contributed by atoms with Gasteiger partial charge in [-0.05, 0) is 20.4 Å². The fourth-order valence-corrected chi connectivity index (χ4v) is 1.72. The number of nitrogens with one attached hydrogen (secondary N) is 1. The van der Waals surface area contributed by atoms with Crippen molar-refractivity contribution in [2.24, 2.45) is 0 Å². The van der Waals surface area contributed by atoms with E-state index in [1.165, 1.54) is 0 Å². The van der Waals surface area contributed by atoms with Crippen molar-refractivity contribution in [2.45, 2.75) is 33.0 Å². The molecule has 0 spiro atoms. The summed E-state index contributed by atoms with van der Waals surface area (Å²) in [6, 6.07) is 0.611. The van der Waals surface area contributed by atoms with Gasteiger partial charge >= 0.3 is 0 Å². The lowest BCUT2D eigenvalue weighted by Crippen LogP contribution is -2.35. The lowest BCUT2D eigenvalue weighted by molar-refractivity contribution is 0.237. The summed E-state index contributed by atoms with van der Waals surface area (Å²) in [6.45, 7) is 8.73. The van der Waals surface area contributed by atoms with E-state index in [0.717, 1.165) is 13.1 Å². The van der Waals surface area contributed by atoms with Gasteiger partial charge in [0.1, 0.15) is 0 Å². The average molecular weight is 154 g/mol. The molecule has 2 unspecified atom stereocenters. The highest BCUT2D eigenvalue weighted by Crippen LogP contribution is 2.10. The summed E-state index contributed by atoms with van der Waals surface area (Å²) in [5.74, 6) is 0. The Labute approximate surface area is 69.3 Å². The molecule has 0 bridgehead atoms. The summed E-state index contributed by atoms with van der Waals surface area (Å²) in [4.78, 5) is 2.46. The first kappa shape index (κ1) is 8.75. The lowest BCUT2D eigenvalue weighted by atomic mass is 10.2. The van der Waals surface area contributed by atoms with Gasteiger partial charge in [0.05, 0.1) is 6.17 Å². The maximum absolute atomic E-state index is 3.43. The van der Waals surface area contributed by atoms with Crippen LogP contribution in [0.4, 0.5) is 0 Å². The van der Waals surface area contributed by atoms with Gasteiger partial charge in [0.2, 0.25) is 0 Å². The fourth-order valence-electron chi connectivity index (χ4n) is 1.72. The fraction of sp³-hybridized carbons (Fsp3) is 0.778. The second kappa shape index (κ2) is 3.88. The van der Waals surface area contributed by atoms with Crippen LogP contribution in [0.25, 0.3) is 0 Å². The third-order valence-corrected chi connectivity index (χ3v) is 2.33. The van der Waals surface area contributed by atoms with Crippen molar-refractivity contribution in [3.05, 3.63) is 12.2 Å². The smallest absolute Gasteiger partial charge is 0.0574 e. The van der Waals surface area contributed by atoms with Crippen LogP contribution in [0, 0.1) is 0 Å². The third-order valence-electron chi connectivity index (χ3n) is 2.33. The molecule has 0 aromatic carbocycles. The molecule has 0 aromatic heterocycles. The molecule has 0 saturated carbocycles. The van der Waals surface area contributed by atoms with Gasteiger partial charge in [-0.2, -0.15) is 0 Å². The maximum atomic E-state index is 3.43. The van der Waals surface area contributed by atoms with E-state index in [1.54, 1.807) is 0 Å². The van der Waals surface area contributed by atoms with Gasteiger partial charge in [0, 0.05) is 12.6 Å². The Kier molecular flexibility index (Phi) is 3.09. The summed E-state index contributed by atoms with van der Waals surface area (Å²) in [5, 5.41) is 3.43. The molecule has 1 heterocycles. The van der Waals surface area contributed by atoms with E-state index < -0.39 is 0 Å². The second-order valence-corrected chi connectivity index (χ2v) is 3.01. The highest BCUT2D eigenvalue weighted by Gasteiger charge is 2.25. The Morgan fingerprint density at radius 2 is 2.36 bits per heavy atom. The highest BCUT2D eigenvalue weighted by molar-refractivity contribution is 4.98. The molecule has 64 valence electrons. The van der Waals surface area contributed by atoms with Crippen molar-refractivity contribution in [2.75, 3.05) is 13.1 Å². The zero-order valence-electron chi connectivity index (χ0n) is 7.67. The molecule has 0 aliphatic carbocycles. The number of hydrogen-bond donors (Lipinski definition) is 1. The topological polar surface area (TPSA) is 15.3 Å². The number of rotatable bonds is 2. The van der Waals surface area contributed by atoms with Gasteiger partial charge in [0.15, 0.2) is 0 Å². The van der Waals surface area contributed by atoms with Crippen molar-refractivity contribution < 1.29 is 0 Å². The molecule has 0 aromatic rings. The van der Waals surface area contributed by atoms with Gasteiger partial charge in [0.25, 0.3) is 0 Å². The van der Waals surface area contributed by atoms with Gasteiger partial charge in [-0.25, -0.2) is 0 Å². The van der Waals surface area contributed by atoms with Crippen LogP contribution in [0.15, 0.2) is 12.2 Å². The van der Waals surface area contributed by atoms with Gasteiger partial charge in [-0.3, -0.25) is 4.90 Å². The monoisotopic (exact) mass is 154 g/mol. The average Bonchev–Trinajstić information content (AvgIpc) is 2.33. The molecule has 1 aliphatic heterocycles. The van der Waals surface area contributed by atoms with Gasteiger partial charge in [-0.1, -0.05) is 19.1 Å². The molecule has 1 saturated heterocycles. The van der Waals surface area contributed by atoms with E-state index in [1.807, 2.05) is 0 Å². The largest absolute Gasteiger partial charge is 0.300 e. The molecular formula is C9H18N2. The van der Waals surface area contributed by atoms with Crippen molar-refractivity contribution in [1.82, 2.24) is 10.2 Å². The zero-order valence-corrected chi connectivity index (χ0v) is 7.67. The Morgan fingerprint density at radius 1 is 1.64 bits per heavy atom. The van der Waals surface area contributed by atoms with Crippen molar-refractivity contribution in [3.8, 4) is 0 Å². The zero-order chi connectivity index (χ0) is 8.27. The van der Waals surface area contributed by atoms with Gasteiger partial charge in [-0.15, -0.1) is 0 Å². The van der Waals surface area contributed by atoms with E-state index >= 15 is 0 Å². The van der Waals surface area contributed by atoms with Crippen LogP contribution < -0.4 is 5.32 Å². The van der Waals surface area contributed by atoms with Crippen LogP contribution in [-0.4, -0.2) is 30.2 Å². The molecule has 1 fully saturated rings. The second-order valence-electron chi connectivity index (χ2n) is 3.01. The lowest BCUT2D eigenvalue weighted by Gasteiger charge is -2.22. The number of nitrogens with zero attached hydrogens (tertiary/aromatic N) is 1. The van der Waals surface area contributed by atoms with Crippen LogP contribution in [-0.2, 0) is 0 Å². The maximum Gasteiger partial charge on any atom is 0.0574 e. The van der Waals surface area contributed by atoms with Crippen molar-refractivity contribution in [3.63, 3.8) is 0 Å². The minimum absolute atomic E-state index is 0.543. The Balaban J connectivity index is 2.53. The SMILES string of the molecule is C/C=C\C1CNC(C)N1CC. The molecule has 1 N–H and O–H groups in total. The Morgan fingerprint density at radius 3 is 2.91 bits per heavy atom. The van der Waals surface area contributed by atoms with E-state index in [9.17, 15) is 0 Å². The molecule has 0 amide bonds. The molecule has 11 heavy (non-hydrogen) atoms. The van der Waals surface area contributed by atoms with E-state index in [4.69, 9.17) is 0 Å². The number of hydrogen-bond acceptors (Lipinski definition) is 2. The van der Waals surface area contributed by atoms with E-state index in [-0.39, 0.29) is 0 Å². The van der Waals surface area contributed by atoms with Gasteiger partial charge < -0.3 is 5.32 Å². The summed E-state index contributed by atoms with van der Waals surface area (Å²) in [7, 11) is 0. The first-order valence-electron chi connectivity index (χ1n) is 4.41. The molecule has 1 rings (SSSR count). The van der Waals surface area contributed by atoms with Crippen LogP contribution in [0.1, 0.15) is 20.8 Å². The van der Waals surface area contributed by atoms with Crippen molar-refractivity contribution in [1.29, 1.82) is 0 Å². The minimum Gasteiger partial charge on any atom is -0.300 e. The molecule has 2 heteroatoms.